The van der Waals surface area contributed by atoms with Crippen LogP contribution >= 0.6 is 11.3 Å². The summed E-state index contributed by atoms with van der Waals surface area (Å²) in [5.74, 6) is -0.730. The van der Waals surface area contributed by atoms with Crippen LogP contribution in [0.4, 0.5) is 5.13 Å². The number of benzene rings is 1. The van der Waals surface area contributed by atoms with Gasteiger partial charge in [0.1, 0.15) is 0 Å². The highest BCUT2D eigenvalue weighted by Gasteiger charge is 2.26. The zero-order valence-electron chi connectivity index (χ0n) is 11.7. The molecule has 21 heavy (non-hydrogen) atoms. The molecule has 1 aromatic heterocycles. The Morgan fingerprint density at radius 2 is 2.14 bits per heavy atom. The molecule has 4 nitrogen and oxygen atoms in total. The SMILES string of the molecule is O=C(O)CC1CCCCN1c1nc(-c2ccccc2)cs1. The van der Waals surface area contributed by atoms with Crippen LogP contribution in [0.5, 0.6) is 0 Å². The highest BCUT2D eigenvalue weighted by atomic mass is 32.1. The first-order chi connectivity index (χ1) is 10.2. The van der Waals surface area contributed by atoms with Crippen LogP contribution in [0.15, 0.2) is 35.7 Å². The Bertz CT molecular complexity index is 612. The number of hydrogen-bond acceptors (Lipinski definition) is 4. The molecule has 1 unspecified atom stereocenters. The predicted molar refractivity (Wildman–Crippen MR) is 84.8 cm³/mol. The van der Waals surface area contributed by atoms with Crippen molar-refractivity contribution in [2.24, 2.45) is 0 Å². The van der Waals surface area contributed by atoms with Crippen molar-refractivity contribution in [1.82, 2.24) is 4.98 Å². The number of rotatable bonds is 4. The minimum Gasteiger partial charge on any atom is -0.481 e. The fourth-order valence-corrected chi connectivity index (χ4v) is 3.74. The molecular formula is C16H18N2O2S. The van der Waals surface area contributed by atoms with Gasteiger partial charge < -0.3 is 10.0 Å². The third-order valence-electron chi connectivity index (χ3n) is 3.84. The maximum atomic E-state index is 11.0. The number of carbonyl (C=O) groups is 1. The number of nitrogens with zero attached hydrogens (tertiary/aromatic N) is 2. The number of carboxylic acids is 1. The molecule has 2 heterocycles. The van der Waals surface area contributed by atoms with Crippen LogP contribution in [0.1, 0.15) is 25.7 Å². The smallest absolute Gasteiger partial charge is 0.305 e. The average molecular weight is 302 g/mol. The standard InChI is InChI=1S/C16H18N2O2S/c19-15(20)10-13-8-4-5-9-18(13)16-17-14(11-21-16)12-6-2-1-3-7-12/h1-3,6-7,11,13H,4-5,8-10H2,(H,19,20). The van der Waals surface area contributed by atoms with Crippen LogP contribution in [0.25, 0.3) is 11.3 Å². The van der Waals surface area contributed by atoms with Crippen molar-refractivity contribution in [2.45, 2.75) is 31.7 Å². The fourth-order valence-electron chi connectivity index (χ4n) is 2.80. The van der Waals surface area contributed by atoms with E-state index in [1.807, 2.05) is 30.3 Å². The maximum absolute atomic E-state index is 11.0. The summed E-state index contributed by atoms with van der Waals surface area (Å²) in [5.41, 5.74) is 2.07. The Morgan fingerprint density at radius 3 is 2.90 bits per heavy atom. The van der Waals surface area contributed by atoms with E-state index >= 15 is 0 Å². The Morgan fingerprint density at radius 1 is 1.33 bits per heavy atom. The van der Waals surface area contributed by atoms with Crippen LogP contribution in [0, 0.1) is 0 Å². The zero-order valence-corrected chi connectivity index (χ0v) is 12.6. The monoisotopic (exact) mass is 302 g/mol. The molecule has 1 atom stereocenters. The summed E-state index contributed by atoms with van der Waals surface area (Å²) in [4.78, 5) is 17.9. The van der Waals surface area contributed by atoms with E-state index in [4.69, 9.17) is 10.1 Å². The highest BCUT2D eigenvalue weighted by molar-refractivity contribution is 7.14. The number of piperidine rings is 1. The molecule has 110 valence electrons. The molecule has 5 heteroatoms. The second kappa shape index (κ2) is 6.26. The normalized spacial score (nSPS) is 18.7. The first-order valence-electron chi connectivity index (χ1n) is 7.23. The van der Waals surface area contributed by atoms with E-state index in [0.29, 0.717) is 0 Å². The molecule has 2 aromatic rings. The predicted octanol–water partition coefficient (Wildman–Crippen LogP) is 3.64. The molecular weight excluding hydrogens is 284 g/mol. The summed E-state index contributed by atoms with van der Waals surface area (Å²) in [6.45, 7) is 0.902. The lowest BCUT2D eigenvalue weighted by atomic mass is 10.0. The van der Waals surface area contributed by atoms with E-state index < -0.39 is 5.97 Å². The molecule has 0 amide bonds. The van der Waals surface area contributed by atoms with Crippen LogP contribution < -0.4 is 4.90 Å². The van der Waals surface area contributed by atoms with Crippen LogP contribution in [0.2, 0.25) is 0 Å². The van der Waals surface area contributed by atoms with E-state index in [1.54, 1.807) is 11.3 Å². The highest BCUT2D eigenvalue weighted by Crippen LogP contribution is 2.32. The summed E-state index contributed by atoms with van der Waals surface area (Å²) in [7, 11) is 0. The zero-order chi connectivity index (χ0) is 14.7. The van der Waals surface area contributed by atoms with Gasteiger partial charge in [0.2, 0.25) is 0 Å². The lowest BCUT2D eigenvalue weighted by Crippen LogP contribution is -2.40. The van der Waals surface area contributed by atoms with E-state index in [1.165, 1.54) is 0 Å². The van der Waals surface area contributed by atoms with Crippen molar-refractivity contribution in [3.63, 3.8) is 0 Å². The van der Waals surface area contributed by atoms with Crippen molar-refractivity contribution < 1.29 is 9.90 Å². The number of thiazole rings is 1. The van der Waals surface area contributed by atoms with E-state index in [0.717, 1.165) is 42.2 Å². The molecule has 0 bridgehead atoms. The maximum Gasteiger partial charge on any atom is 0.305 e. The molecule has 1 aliphatic heterocycles. The summed E-state index contributed by atoms with van der Waals surface area (Å²) < 4.78 is 0. The minimum atomic E-state index is -0.730. The van der Waals surface area contributed by atoms with Gasteiger partial charge in [0.05, 0.1) is 12.1 Å². The van der Waals surface area contributed by atoms with Gasteiger partial charge >= 0.3 is 5.97 Å². The second-order valence-electron chi connectivity index (χ2n) is 5.32. The van der Waals surface area contributed by atoms with Gasteiger partial charge in [-0.25, -0.2) is 4.98 Å². The van der Waals surface area contributed by atoms with Gasteiger partial charge in [0, 0.05) is 23.5 Å². The van der Waals surface area contributed by atoms with Crippen molar-refractivity contribution in [2.75, 3.05) is 11.4 Å². The average Bonchev–Trinajstić information content (AvgIpc) is 2.98. The molecule has 0 spiro atoms. The lowest BCUT2D eigenvalue weighted by molar-refractivity contribution is -0.137. The van der Waals surface area contributed by atoms with Gasteiger partial charge in [0.15, 0.2) is 5.13 Å². The van der Waals surface area contributed by atoms with E-state index in [-0.39, 0.29) is 12.5 Å². The van der Waals surface area contributed by atoms with Crippen molar-refractivity contribution in [1.29, 1.82) is 0 Å². The largest absolute Gasteiger partial charge is 0.481 e. The third-order valence-corrected chi connectivity index (χ3v) is 4.72. The summed E-state index contributed by atoms with van der Waals surface area (Å²) in [5, 5.41) is 12.1. The number of aliphatic carboxylic acids is 1. The van der Waals surface area contributed by atoms with Crippen molar-refractivity contribution >= 4 is 22.4 Å². The first-order valence-corrected chi connectivity index (χ1v) is 8.11. The van der Waals surface area contributed by atoms with E-state index in [9.17, 15) is 4.79 Å². The number of hydrogen-bond donors (Lipinski definition) is 1. The molecule has 0 aliphatic carbocycles. The van der Waals surface area contributed by atoms with Gasteiger partial charge in [-0.1, -0.05) is 30.3 Å². The number of aromatic nitrogens is 1. The minimum absolute atomic E-state index is 0.0750. The molecule has 1 fully saturated rings. The lowest BCUT2D eigenvalue weighted by Gasteiger charge is -2.34. The number of carboxylic acid groups (broad SMARTS) is 1. The summed E-state index contributed by atoms with van der Waals surface area (Å²) >= 11 is 1.60. The van der Waals surface area contributed by atoms with Crippen LogP contribution in [0.3, 0.4) is 0 Å². The topological polar surface area (TPSA) is 53.4 Å². The number of anilines is 1. The first kappa shape index (κ1) is 14.1. The Balaban J connectivity index is 1.82. The van der Waals surface area contributed by atoms with Gasteiger partial charge in [-0.15, -0.1) is 11.3 Å². The Kier molecular flexibility index (Phi) is 4.20. The molecule has 0 saturated carbocycles. The van der Waals surface area contributed by atoms with Crippen molar-refractivity contribution in [3.8, 4) is 11.3 Å². The molecule has 0 radical (unpaired) electrons. The molecule has 1 N–H and O–H groups in total. The Labute approximate surface area is 128 Å². The molecule has 3 rings (SSSR count). The van der Waals surface area contributed by atoms with Crippen LogP contribution in [-0.2, 0) is 4.79 Å². The van der Waals surface area contributed by atoms with Crippen LogP contribution in [-0.4, -0.2) is 28.6 Å². The van der Waals surface area contributed by atoms with Gasteiger partial charge in [-0.3, -0.25) is 4.79 Å². The fraction of sp³-hybridized carbons (Fsp3) is 0.375. The van der Waals surface area contributed by atoms with Crippen molar-refractivity contribution in [3.05, 3.63) is 35.7 Å². The quantitative estimate of drug-likeness (QED) is 0.936. The van der Waals surface area contributed by atoms with Gasteiger partial charge in [0.25, 0.3) is 0 Å². The van der Waals surface area contributed by atoms with Gasteiger partial charge in [-0.05, 0) is 19.3 Å². The molecule has 1 saturated heterocycles. The third kappa shape index (κ3) is 3.24. The second-order valence-corrected chi connectivity index (χ2v) is 6.16. The summed E-state index contributed by atoms with van der Waals surface area (Å²) in [6.07, 6.45) is 3.34. The molecule has 1 aromatic carbocycles. The Hall–Kier alpha value is -1.88. The summed E-state index contributed by atoms with van der Waals surface area (Å²) in [6, 6.07) is 10.2. The van der Waals surface area contributed by atoms with E-state index in [2.05, 4.69) is 10.3 Å². The molecule has 1 aliphatic rings. The van der Waals surface area contributed by atoms with Gasteiger partial charge in [-0.2, -0.15) is 0 Å².